The van der Waals surface area contributed by atoms with Crippen molar-refractivity contribution in [1.82, 2.24) is 9.97 Å². The molecule has 0 radical (unpaired) electrons. The first-order valence-corrected chi connectivity index (χ1v) is 8.75. The number of benzene rings is 1. The largest absolute Gasteiger partial charge is 0.463 e. The van der Waals surface area contributed by atoms with Crippen LogP contribution in [0, 0.1) is 0 Å². The van der Waals surface area contributed by atoms with Crippen molar-refractivity contribution in [3.05, 3.63) is 42.2 Å². The highest BCUT2D eigenvalue weighted by molar-refractivity contribution is 8.07. The average Bonchev–Trinajstić information content (AvgIpc) is 2.60. The number of thioether (sulfide) groups is 1. The lowest BCUT2D eigenvalue weighted by Gasteiger charge is -2.29. The minimum absolute atomic E-state index is 0.333. The van der Waals surface area contributed by atoms with E-state index in [9.17, 15) is 4.79 Å². The first-order chi connectivity index (χ1) is 11.6. The predicted molar refractivity (Wildman–Crippen MR) is 97.9 cm³/mol. The lowest BCUT2D eigenvalue weighted by Crippen LogP contribution is -2.19. The second-order valence-corrected chi connectivity index (χ2v) is 5.96. The molecule has 0 bridgehead atoms. The molecule has 0 aliphatic carbocycles. The third-order valence-electron chi connectivity index (χ3n) is 3.65. The number of esters is 1. The smallest absolute Gasteiger partial charge is 0.331 e. The molecule has 1 aliphatic rings. The molecule has 3 rings (SSSR count). The van der Waals surface area contributed by atoms with E-state index in [1.54, 1.807) is 19.3 Å². The lowest BCUT2D eigenvalue weighted by atomic mass is 10.1. The minimum Gasteiger partial charge on any atom is -0.463 e. The van der Waals surface area contributed by atoms with Crippen molar-refractivity contribution in [2.75, 3.05) is 30.1 Å². The van der Waals surface area contributed by atoms with E-state index in [0.29, 0.717) is 12.4 Å². The number of rotatable bonds is 4. The number of fused-ring (bicyclic) bond motifs is 2. The number of anilines is 4. The fourth-order valence-electron chi connectivity index (χ4n) is 2.54. The van der Waals surface area contributed by atoms with Crippen LogP contribution < -0.4 is 10.2 Å². The number of ether oxygens (including phenoxy) is 1. The second-order valence-electron chi connectivity index (χ2n) is 5.11. The fourth-order valence-corrected chi connectivity index (χ4v) is 3.12. The Kier molecular flexibility index (Phi) is 4.71. The van der Waals surface area contributed by atoms with Gasteiger partial charge in [-0.05, 0) is 30.9 Å². The SMILES string of the molecule is CCOC(=O)C=C(SC)c1ccc2c(c1)Nc1nccnc1N2C. The van der Waals surface area contributed by atoms with E-state index >= 15 is 0 Å². The van der Waals surface area contributed by atoms with Gasteiger partial charge in [0.25, 0.3) is 0 Å². The second kappa shape index (κ2) is 6.92. The minimum atomic E-state index is -0.333. The van der Waals surface area contributed by atoms with Crippen LogP contribution in [0.5, 0.6) is 0 Å². The van der Waals surface area contributed by atoms with Crippen LogP contribution in [0.4, 0.5) is 23.0 Å². The Balaban J connectivity index is 1.97. The van der Waals surface area contributed by atoms with Gasteiger partial charge in [0.15, 0.2) is 11.6 Å². The highest BCUT2D eigenvalue weighted by Crippen LogP contribution is 2.41. The number of nitrogens with one attached hydrogen (secondary N) is 1. The highest BCUT2D eigenvalue weighted by Gasteiger charge is 2.22. The summed E-state index contributed by atoms with van der Waals surface area (Å²) in [6.07, 6.45) is 6.79. The molecule has 1 aromatic carbocycles. The van der Waals surface area contributed by atoms with Crippen LogP contribution >= 0.6 is 11.8 Å². The van der Waals surface area contributed by atoms with Crippen molar-refractivity contribution < 1.29 is 9.53 Å². The third-order valence-corrected chi connectivity index (χ3v) is 4.44. The van der Waals surface area contributed by atoms with Crippen LogP contribution in [0.1, 0.15) is 12.5 Å². The summed E-state index contributed by atoms with van der Waals surface area (Å²) in [5, 5.41) is 3.30. The Bertz CT molecular complexity index is 807. The van der Waals surface area contributed by atoms with Crippen LogP contribution in [0.2, 0.25) is 0 Å². The van der Waals surface area contributed by atoms with Crippen molar-refractivity contribution in [3.8, 4) is 0 Å². The monoisotopic (exact) mass is 342 g/mol. The zero-order valence-corrected chi connectivity index (χ0v) is 14.6. The number of carbonyl (C=O) groups is 1. The molecule has 2 heterocycles. The number of aromatic nitrogens is 2. The number of nitrogens with zero attached hydrogens (tertiary/aromatic N) is 3. The van der Waals surface area contributed by atoms with Crippen molar-refractivity contribution in [1.29, 1.82) is 0 Å². The normalized spacial score (nSPS) is 13.0. The summed E-state index contributed by atoms with van der Waals surface area (Å²) in [6, 6.07) is 6.00. The summed E-state index contributed by atoms with van der Waals surface area (Å²) in [7, 11) is 1.96. The van der Waals surface area contributed by atoms with Gasteiger partial charge in [0, 0.05) is 30.4 Å². The van der Waals surface area contributed by atoms with Crippen LogP contribution in [-0.2, 0) is 9.53 Å². The van der Waals surface area contributed by atoms with Crippen molar-refractivity contribution in [2.45, 2.75) is 6.92 Å². The molecule has 24 heavy (non-hydrogen) atoms. The molecule has 0 atom stereocenters. The van der Waals surface area contributed by atoms with E-state index in [1.807, 2.05) is 36.4 Å². The Morgan fingerprint density at radius 1 is 1.38 bits per heavy atom. The van der Waals surface area contributed by atoms with E-state index in [1.165, 1.54) is 17.8 Å². The maximum absolute atomic E-state index is 11.7. The quantitative estimate of drug-likeness (QED) is 0.673. The summed E-state index contributed by atoms with van der Waals surface area (Å²) < 4.78 is 5.00. The average molecular weight is 342 g/mol. The maximum atomic E-state index is 11.7. The molecule has 1 aromatic heterocycles. The maximum Gasteiger partial charge on any atom is 0.331 e. The van der Waals surface area contributed by atoms with Crippen LogP contribution in [-0.4, -0.2) is 35.8 Å². The van der Waals surface area contributed by atoms with Gasteiger partial charge in [0.2, 0.25) is 0 Å². The Morgan fingerprint density at radius 3 is 2.92 bits per heavy atom. The molecule has 0 fully saturated rings. The van der Waals surface area contributed by atoms with Gasteiger partial charge in [-0.3, -0.25) is 0 Å². The van der Waals surface area contributed by atoms with Crippen LogP contribution in [0.25, 0.3) is 4.91 Å². The molecule has 124 valence electrons. The Morgan fingerprint density at radius 2 is 2.17 bits per heavy atom. The molecule has 0 spiro atoms. The molecule has 6 nitrogen and oxygen atoms in total. The summed E-state index contributed by atoms with van der Waals surface area (Å²) >= 11 is 1.51. The van der Waals surface area contributed by atoms with Gasteiger partial charge in [-0.15, -0.1) is 11.8 Å². The molecule has 1 aliphatic heterocycles. The first-order valence-electron chi connectivity index (χ1n) is 7.52. The van der Waals surface area contributed by atoms with Gasteiger partial charge in [0.1, 0.15) is 0 Å². The Labute approximate surface area is 144 Å². The van der Waals surface area contributed by atoms with Crippen LogP contribution in [0.3, 0.4) is 0 Å². The molecule has 0 amide bonds. The van der Waals surface area contributed by atoms with Gasteiger partial charge >= 0.3 is 5.97 Å². The standard InChI is InChI=1S/C17H18N4O2S/c1-4-23-15(22)10-14(24-3)11-5-6-13-12(9-11)20-16-17(21(13)2)19-8-7-18-16/h5-10H,4H2,1-3H3,(H,18,20). The molecular weight excluding hydrogens is 324 g/mol. The van der Waals surface area contributed by atoms with E-state index in [-0.39, 0.29) is 5.97 Å². The van der Waals surface area contributed by atoms with Crippen molar-refractivity contribution in [3.63, 3.8) is 0 Å². The number of hydrogen-bond donors (Lipinski definition) is 1. The van der Waals surface area contributed by atoms with Gasteiger partial charge in [-0.25, -0.2) is 14.8 Å². The molecule has 0 saturated heterocycles. The predicted octanol–water partition coefficient (Wildman–Crippen LogP) is 3.57. The molecular formula is C17H18N4O2S. The van der Waals surface area contributed by atoms with Gasteiger partial charge in [-0.2, -0.15) is 0 Å². The lowest BCUT2D eigenvalue weighted by molar-refractivity contribution is -0.137. The molecule has 0 unspecified atom stereocenters. The third kappa shape index (κ3) is 3.07. The van der Waals surface area contributed by atoms with E-state index in [4.69, 9.17) is 4.74 Å². The number of carbonyl (C=O) groups excluding carboxylic acids is 1. The highest BCUT2D eigenvalue weighted by atomic mass is 32.2. The summed E-state index contributed by atoms with van der Waals surface area (Å²) in [5.41, 5.74) is 2.87. The molecule has 0 saturated carbocycles. The Hall–Kier alpha value is -2.54. The molecule has 2 aromatic rings. The number of hydrogen-bond acceptors (Lipinski definition) is 7. The summed E-state index contributed by atoms with van der Waals surface area (Å²) in [4.78, 5) is 23.3. The van der Waals surface area contributed by atoms with E-state index in [0.717, 1.165) is 27.7 Å². The van der Waals surface area contributed by atoms with Gasteiger partial charge in [0.05, 0.1) is 18.0 Å². The van der Waals surface area contributed by atoms with E-state index in [2.05, 4.69) is 15.3 Å². The zero-order chi connectivity index (χ0) is 17.1. The van der Waals surface area contributed by atoms with Crippen molar-refractivity contribution >= 4 is 45.6 Å². The molecule has 7 heteroatoms. The summed E-state index contributed by atoms with van der Waals surface area (Å²) in [5.74, 6) is 1.16. The van der Waals surface area contributed by atoms with Gasteiger partial charge in [-0.1, -0.05) is 6.07 Å². The van der Waals surface area contributed by atoms with Crippen LogP contribution in [0.15, 0.2) is 36.7 Å². The topological polar surface area (TPSA) is 67.3 Å². The molecule has 1 N–H and O–H groups in total. The summed E-state index contributed by atoms with van der Waals surface area (Å²) in [6.45, 7) is 2.16. The zero-order valence-electron chi connectivity index (χ0n) is 13.7. The fraction of sp³-hybridized carbons (Fsp3) is 0.235. The van der Waals surface area contributed by atoms with Gasteiger partial charge < -0.3 is 15.0 Å². The van der Waals surface area contributed by atoms with E-state index < -0.39 is 0 Å². The first kappa shape index (κ1) is 16.3. The van der Waals surface area contributed by atoms with Crippen molar-refractivity contribution in [2.24, 2.45) is 0 Å².